The van der Waals surface area contributed by atoms with Gasteiger partial charge in [-0.3, -0.25) is 10.2 Å². The molecular formula is C26H24F3N7O2. The van der Waals surface area contributed by atoms with Crippen LogP contribution < -0.4 is 10.2 Å². The Balaban J connectivity index is 1.90. The maximum atomic E-state index is 13.7. The van der Waals surface area contributed by atoms with Gasteiger partial charge in [0.1, 0.15) is 6.04 Å². The number of nitriles is 2. The van der Waals surface area contributed by atoms with Crippen molar-refractivity contribution in [2.24, 2.45) is 5.92 Å². The summed E-state index contributed by atoms with van der Waals surface area (Å²) in [6, 6.07) is 9.91. The van der Waals surface area contributed by atoms with Gasteiger partial charge >= 0.3 is 12.3 Å². The molecular weight excluding hydrogens is 499 g/mol. The van der Waals surface area contributed by atoms with Crippen LogP contribution in [0, 0.1) is 28.6 Å². The molecule has 2 aliphatic rings. The fourth-order valence-electron chi connectivity index (χ4n) is 4.44. The van der Waals surface area contributed by atoms with Gasteiger partial charge in [0.15, 0.2) is 0 Å². The van der Waals surface area contributed by atoms with Crippen molar-refractivity contribution in [3.63, 3.8) is 0 Å². The molecule has 0 bridgehead atoms. The molecule has 4 rings (SSSR count). The van der Waals surface area contributed by atoms with Gasteiger partial charge in [-0.2, -0.15) is 28.7 Å². The lowest BCUT2D eigenvalue weighted by Gasteiger charge is -2.36. The quantitative estimate of drug-likeness (QED) is 0.544. The van der Waals surface area contributed by atoms with Crippen molar-refractivity contribution in [2.75, 3.05) is 10.2 Å². The van der Waals surface area contributed by atoms with E-state index in [0.717, 1.165) is 6.08 Å². The summed E-state index contributed by atoms with van der Waals surface area (Å²) in [6.45, 7) is 6.63. The smallest absolute Gasteiger partial charge is 0.414 e. The van der Waals surface area contributed by atoms with Crippen LogP contribution in [0.2, 0.25) is 0 Å². The van der Waals surface area contributed by atoms with E-state index in [4.69, 9.17) is 4.74 Å². The van der Waals surface area contributed by atoms with Crippen molar-refractivity contribution < 1.29 is 22.7 Å². The van der Waals surface area contributed by atoms with Crippen LogP contribution in [0.15, 0.2) is 59.0 Å². The third-order valence-electron chi connectivity index (χ3n) is 6.03. The molecule has 2 atom stereocenters. The second-order valence-corrected chi connectivity index (χ2v) is 9.28. The van der Waals surface area contributed by atoms with Crippen LogP contribution in [0.1, 0.15) is 51.3 Å². The first-order valence-electron chi connectivity index (χ1n) is 11.8. The van der Waals surface area contributed by atoms with Crippen molar-refractivity contribution in [3.05, 3.63) is 70.1 Å². The van der Waals surface area contributed by atoms with Crippen molar-refractivity contribution in [1.29, 1.82) is 10.5 Å². The Labute approximate surface area is 217 Å². The number of aromatic nitrogens is 3. The average molecular weight is 524 g/mol. The van der Waals surface area contributed by atoms with Gasteiger partial charge in [-0.05, 0) is 56.9 Å². The van der Waals surface area contributed by atoms with E-state index >= 15 is 0 Å². The number of carbonyl (C=O) groups excluding carboxylic acids is 1. The number of hydrogen-bond donors (Lipinski definition) is 1. The van der Waals surface area contributed by atoms with Gasteiger partial charge in [-0.1, -0.05) is 25.1 Å². The molecule has 1 aromatic carbocycles. The van der Waals surface area contributed by atoms with Gasteiger partial charge in [0.25, 0.3) is 5.95 Å². The number of rotatable bonds is 4. The molecule has 38 heavy (non-hydrogen) atoms. The van der Waals surface area contributed by atoms with Crippen LogP contribution in [0.5, 0.6) is 0 Å². The summed E-state index contributed by atoms with van der Waals surface area (Å²) in [6.07, 6.45) is -3.20. The van der Waals surface area contributed by atoms with Crippen LogP contribution in [-0.2, 0) is 4.74 Å². The molecule has 0 saturated heterocycles. The first-order chi connectivity index (χ1) is 17.9. The number of hydrogen-bond acceptors (Lipinski definition) is 7. The predicted molar refractivity (Wildman–Crippen MR) is 131 cm³/mol. The van der Waals surface area contributed by atoms with Crippen LogP contribution in [0.25, 0.3) is 0 Å². The molecule has 0 radical (unpaired) electrons. The molecule has 1 N–H and O–H groups in total. The van der Waals surface area contributed by atoms with Crippen LogP contribution in [0.4, 0.5) is 29.9 Å². The molecule has 1 aliphatic carbocycles. The number of benzene rings is 1. The van der Waals surface area contributed by atoms with Crippen LogP contribution >= 0.6 is 0 Å². The second kappa shape index (κ2) is 10.1. The van der Waals surface area contributed by atoms with Crippen molar-refractivity contribution >= 4 is 18.0 Å². The topological polar surface area (TPSA) is 120 Å². The van der Waals surface area contributed by atoms with Gasteiger partial charge in [-0.15, -0.1) is 5.10 Å². The first kappa shape index (κ1) is 26.5. The Bertz CT molecular complexity index is 1440. The standard InChI is InChI=1S/C26H24F3N7O2/c1-14(2)38-25(37)33-23-32-24-35(20-10-15(3)9-19(11-20)26(27,28)29)16(4)21(13-31)22(36(24)34-23)18-7-5-17(12-30)6-8-18/h5-8,10-11,14-15,22H,9H2,1-4H3,(H,33,34,37). The van der Waals surface area contributed by atoms with Gasteiger partial charge in [0.2, 0.25) is 5.95 Å². The summed E-state index contributed by atoms with van der Waals surface area (Å²) in [5.41, 5.74) is 1.06. The number of alkyl halides is 3. The highest BCUT2D eigenvalue weighted by molar-refractivity contribution is 5.82. The number of anilines is 2. The normalized spacial score (nSPS) is 19.3. The highest BCUT2D eigenvalue weighted by Crippen LogP contribution is 2.43. The Morgan fingerprint density at radius 1 is 1.21 bits per heavy atom. The fraction of sp³-hybridized carbons (Fsp3) is 0.346. The second-order valence-electron chi connectivity index (χ2n) is 9.28. The Morgan fingerprint density at radius 2 is 1.89 bits per heavy atom. The lowest BCUT2D eigenvalue weighted by molar-refractivity contribution is -0.0950. The minimum Gasteiger partial charge on any atom is -0.447 e. The number of nitrogens with one attached hydrogen (secondary N) is 1. The largest absolute Gasteiger partial charge is 0.447 e. The van der Waals surface area contributed by atoms with E-state index in [-0.39, 0.29) is 29.6 Å². The van der Waals surface area contributed by atoms with E-state index < -0.39 is 35.9 Å². The molecule has 2 aromatic rings. The fourth-order valence-corrected chi connectivity index (χ4v) is 4.44. The van der Waals surface area contributed by atoms with E-state index in [1.165, 1.54) is 9.58 Å². The molecule has 2 unspecified atom stereocenters. The molecule has 2 heterocycles. The Hall–Kier alpha value is -4.58. The number of carbonyl (C=O) groups is 1. The van der Waals surface area contributed by atoms with Gasteiger partial charge in [0, 0.05) is 17.0 Å². The van der Waals surface area contributed by atoms with Gasteiger partial charge < -0.3 is 4.74 Å². The molecule has 0 spiro atoms. The molecule has 0 fully saturated rings. The summed E-state index contributed by atoms with van der Waals surface area (Å²) in [5, 5.41) is 26.2. The number of allylic oxidation sites excluding steroid dienone is 5. The molecule has 0 saturated carbocycles. The molecule has 12 heteroatoms. The minimum absolute atomic E-state index is 0.105. The van der Waals surface area contributed by atoms with E-state index in [0.29, 0.717) is 16.8 Å². The minimum atomic E-state index is -4.52. The van der Waals surface area contributed by atoms with Gasteiger partial charge in [0.05, 0.1) is 29.4 Å². The highest BCUT2D eigenvalue weighted by atomic mass is 19.4. The summed E-state index contributed by atoms with van der Waals surface area (Å²) in [5.74, 6) is -0.476. The average Bonchev–Trinajstić information content (AvgIpc) is 3.24. The molecule has 1 aliphatic heterocycles. The summed E-state index contributed by atoms with van der Waals surface area (Å²) in [7, 11) is 0. The highest BCUT2D eigenvalue weighted by Gasteiger charge is 2.40. The third-order valence-corrected chi connectivity index (χ3v) is 6.03. The number of nitrogens with zero attached hydrogens (tertiary/aromatic N) is 6. The SMILES string of the molecule is CC1=C(C#N)C(c2ccc(C#N)cc2)n2nc(NC(=O)OC(C)C)nc2N1C1=CC(C)CC(C(F)(F)F)=C1. The zero-order valence-corrected chi connectivity index (χ0v) is 21.0. The predicted octanol–water partition coefficient (Wildman–Crippen LogP) is 5.73. The van der Waals surface area contributed by atoms with E-state index in [9.17, 15) is 28.5 Å². The summed E-state index contributed by atoms with van der Waals surface area (Å²) in [4.78, 5) is 18.1. The van der Waals surface area contributed by atoms with Crippen molar-refractivity contribution in [1.82, 2.24) is 14.8 Å². The summed E-state index contributed by atoms with van der Waals surface area (Å²) >= 11 is 0. The molecule has 9 nitrogen and oxygen atoms in total. The Kier molecular flexibility index (Phi) is 7.01. The van der Waals surface area contributed by atoms with Crippen LogP contribution in [0.3, 0.4) is 0 Å². The number of amides is 1. The molecule has 1 amide bonds. The third kappa shape index (κ3) is 5.11. The van der Waals surface area contributed by atoms with E-state index in [1.54, 1.807) is 58.0 Å². The monoisotopic (exact) mass is 523 g/mol. The van der Waals surface area contributed by atoms with Crippen molar-refractivity contribution in [3.8, 4) is 12.1 Å². The molecule has 1 aromatic heterocycles. The number of halogens is 3. The number of ether oxygens (including phenoxy) is 1. The van der Waals surface area contributed by atoms with E-state index in [2.05, 4.69) is 21.5 Å². The molecule has 196 valence electrons. The maximum absolute atomic E-state index is 13.7. The zero-order valence-electron chi connectivity index (χ0n) is 21.0. The van der Waals surface area contributed by atoms with E-state index in [1.807, 2.05) is 6.07 Å². The van der Waals surface area contributed by atoms with Crippen molar-refractivity contribution in [2.45, 2.75) is 52.4 Å². The summed E-state index contributed by atoms with van der Waals surface area (Å²) < 4.78 is 47.6. The first-order valence-corrected chi connectivity index (χ1v) is 11.8. The number of fused-ring (bicyclic) bond motifs is 1. The zero-order chi connectivity index (χ0) is 27.8. The maximum Gasteiger partial charge on any atom is 0.414 e. The Morgan fingerprint density at radius 3 is 2.47 bits per heavy atom. The van der Waals surface area contributed by atoms with Gasteiger partial charge in [-0.25, -0.2) is 9.48 Å². The lowest BCUT2D eigenvalue weighted by Crippen LogP contribution is -2.34. The van der Waals surface area contributed by atoms with Crippen LogP contribution in [-0.4, -0.2) is 33.1 Å². The lowest BCUT2D eigenvalue weighted by atomic mass is 9.91.